The largest absolute Gasteiger partial charge is 0.398 e. The van der Waals surface area contributed by atoms with E-state index >= 15 is 0 Å². The van der Waals surface area contributed by atoms with Gasteiger partial charge in [-0.3, -0.25) is 4.79 Å². The van der Waals surface area contributed by atoms with Gasteiger partial charge in [-0.1, -0.05) is 36.4 Å². The van der Waals surface area contributed by atoms with Crippen LogP contribution in [-0.2, 0) is 0 Å². The lowest BCUT2D eigenvalue weighted by Gasteiger charge is -2.07. The molecule has 0 saturated heterocycles. The van der Waals surface area contributed by atoms with Crippen molar-refractivity contribution in [2.45, 2.75) is 4.90 Å². The minimum Gasteiger partial charge on any atom is -0.398 e. The van der Waals surface area contributed by atoms with E-state index in [9.17, 15) is 4.79 Å². The van der Waals surface area contributed by atoms with E-state index in [-0.39, 0.29) is 5.78 Å². The molecule has 0 bridgehead atoms. The second kappa shape index (κ2) is 4.41. The fourth-order valence-corrected chi connectivity index (χ4v) is 1.86. The summed E-state index contributed by atoms with van der Waals surface area (Å²) in [4.78, 5) is 12.8. The highest BCUT2D eigenvalue weighted by Gasteiger charge is 2.14. The van der Waals surface area contributed by atoms with Crippen molar-refractivity contribution in [3.8, 4) is 0 Å². The summed E-state index contributed by atoms with van der Waals surface area (Å²) in [6.45, 7) is 0. The Morgan fingerprint density at radius 1 is 1.00 bits per heavy atom. The van der Waals surface area contributed by atoms with Gasteiger partial charge in [-0.25, -0.2) is 0 Å². The van der Waals surface area contributed by atoms with Crippen LogP contribution in [0.2, 0.25) is 0 Å². The molecule has 0 spiro atoms. The minimum absolute atomic E-state index is 0.0938. The number of anilines is 1. The van der Waals surface area contributed by atoms with Gasteiger partial charge in [-0.2, -0.15) is 0 Å². The molecule has 2 aromatic rings. The van der Waals surface area contributed by atoms with Gasteiger partial charge in [-0.15, -0.1) is 12.6 Å². The number of thiol groups is 1. The quantitative estimate of drug-likeness (QED) is 0.472. The van der Waals surface area contributed by atoms with Gasteiger partial charge < -0.3 is 5.73 Å². The van der Waals surface area contributed by atoms with Crippen LogP contribution in [0, 0.1) is 0 Å². The van der Waals surface area contributed by atoms with Crippen LogP contribution in [0.5, 0.6) is 0 Å². The van der Waals surface area contributed by atoms with Crippen molar-refractivity contribution in [1.82, 2.24) is 0 Å². The summed E-state index contributed by atoms with van der Waals surface area (Å²) in [5.74, 6) is -0.0938. The average Bonchev–Trinajstić information content (AvgIpc) is 2.30. The average molecular weight is 229 g/mol. The Hall–Kier alpha value is -1.74. The lowest BCUT2D eigenvalue weighted by atomic mass is 10.0. The lowest BCUT2D eigenvalue weighted by Crippen LogP contribution is -2.06. The van der Waals surface area contributed by atoms with Gasteiger partial charge in [0.05, 0.1) is 5.56 Å². The van der Waals surface area contributed by atoms with Gasteiger partial charge >= 0.3 is 0 Å². The molecule has 0 fully saturated rings. The van der Waals surface area contributed by atoms with Crippen molar-refractivity contribution in [3.63, 3.8) is 0 Å². The molecule has 2 aromatic carbocycles. The number of nitrogen functional groups attached to an aromatic ring is 1. The van der Waals surface area contributed by atoms with Crippen LogP contribution < -0.4 is 5.73 Å². The van der Waals surface area contributed by atoms with E-state index in [1.807, 2.05) is 18.2 Å². The Labute approximate surface area is 99.5 Å². The molecule has 2 rings (SSSR count). The van der Waals surface area contributed by atoms with Gasteiger partial charge in [0.15, 0.2) is 5.78 Å². The van der Waals surface area contributed by atoms with E-state index < -0.39 is 0 Å². The smallest absolute Gasteiger partial charge is 0.196 e. The van der Waals surface area contributed by atoms with E-state index in [2.05, 4.69) is 12.6 Å². The molecule has 2 N–H and O–H groups in total. The zero-order valence-electron chi connectivity index (χ0n) is 8.55. The third kappa shape index (κ3) is 1.95. The zero-order chi connectivity index (χ0) is 11.5. The van der Waals surface area contributed by atoms with Gasteiger partial charge in [-0.05, 0) is 12.1 Å². The highest BCUT2D eigenvalue weighted by molar-refractivity contribution is 7.80. The van der Waals surface area contributed by atoms with E-state index in [4.69, 9.17) is 5.73 Å². The molecule has 2 nitrogen and oxygen atoms in total. The number of ketones is 1. The van der Waals surface area contributed by atoms with E-state index in [0.717, 1.165) is 0 Å². The normalized spacial score (nSPS) is 10.1. The summed E-state index contributed by atoms with van der Waals surface area (Å²) in [5, 5.41) is 0. The maximum atomic E-state index is 12.2. The second-order valence-corrected chi connectivity index (χ2v) is 3.92. The number of carbonyl (C=O) groups is 1. The van der Waals surface area contributed by atoms with Gasteiger partial charge in [0.1, 0.15) is 0 Å². The summed E-state index contributed by atoms with van der Waals surface area (Å²) in [5.41, 5.74) is 7.34. The van der Waals surface area contributed by atoms with Crippen molar-refractivity contribution in [3.05, 3.63) is 59.7 Å². The highest BCUT2D eigenvalue weighted by Crippen LogP contribution is 2.23. The molecule has 80 valence electrons. The first-order valence-electron chi connectivity index (χ1n) is 4.87. The number of rotatable bonds is 2. The standard InChI is InChI=1S/C13H11NOS/c14-10-7-4-8-11(16)12(10)13(15)9-5-2-1-3-6-9/h1-8,16H,14H2. The zero-order valence-corrected chi connectivity index (χ0v) is 9.45. The fourth-order valence-electron chi connectivity index (χ4n) is 1.54. The third-order valence-electron chi connectivity index (χ3n) is 2.34. The first-order chi connectivity index (χ1) is 7.70. The lowest BCUT2D eigenvalue weighted by molar-refractivity contribution is 0.103. The summed E-state index contributed by atoms with van der Waals surface area (Å²) in [6, 6.07) is 14.3. The minimum atomic E-state index is -0.0938. The van der Waals surface area contributed by atoms with Crippen LogP contribution in [0.4, 0.5) is 5.69 Å². The van der Waals surface area contributed by atoms with Gasteiger partial charge in [0.2, 0.25) is 0 Å². The summed E-state index contributed by atoms with van der Waals surface area (Å²) in [7, 11) is 0. The molecule has 0 aromatic heterocycles. The van der Waals surface area contributed by atoms with Crippen LogP contribution in [0.25, 0.3) is 0 Å². The van der Waals surface area contributed by atoms with E-state index in [1.165, 1.54) is 0 Å². The molecule has 0 amide bonds. The van der Waals surface area contributed by atoms with Crippen molar-refractivity contribution in [2.24, 2.45) is 0 Å². The van der Waals surface area contributed by atoms with Crippen LogP contribution in [-0.4, -0.2) is 5.78 Å². The number of hydrogen-bond donors (Lipinski definition) is 2. The molecule has 3 heteroatoms. The second-order valence-electron chi connectivity index (χ2n) is 3.44. The molecule has 0 heterocycles. The Bertz CT molecular complexity index is 502. The van der Waals surface area contributed by atoms with E-state index in [1.54, 1.807) is 30.3 Å². The first-order valence-corrected chi connectivity index (χ1v) is 5.32. The number of carbonyl (C=O) groups excluding carboxylic acids is 1. The van der Waals surface area contributed by atoms with Crippen LogP contribution in [0.3, 0.4) is 0 Å². The van der Waals surface area contributed by atoms with Gasteiger partial charge in [0.25, 0.3) is 0 Å². The molecule has 0 aliphatic carbocycles. The monoisotopic (exact) mass is 229 g/mol. The molecular formula is C13H11NOS. The topological polar surface area (TPSA) is 43.1 Å². The Morgan fingerprint density at radius 3 is 2.31 bits per heavy atom. The molecular weight excluding hydrogens is 218 g/mol. The Kier molecular flexibility index (Phi) is 2.97. The maximum Gasteiger partial charge on any atom is 0.196 e. The number of benzene rings is 2. The predicted molar refractivity (Wildman–Crippen MR) is 68.0 cm³/mol. The molecule has 0 unspecified atom stereocenters. The first kappa shape index (κ1) is 10.8. The molecule has 0 saturated carbocycles. The fraction of sp³-hybridized carbons (Fsp3) is 0. The molecule has 16 heavy (non-hydrogen) atoms. The van der Waals surface area contributed by atoms with Crippen molar-refractivity contribution < 1.29 is 4.79 Å². The molecule has 0 atom stereocenters. The summed E-state index contributed by atoms with van der Waals surface area (Å²) in [6.07, 6.45) is 0. The van der Waals surface area contributed by atoms with Crippen LogP contribution in [0.1, 0.15) is 15.9 Å². The third-order valence-corrected chi connectivity index (χ3v) is 2.71. The summed E-state index contributed by atoms with van der Waals surface area (Å²) >= 11 is 4.26. The van der Waals surface area contributed by atoms with Crippen molar-refractivity contribution in [2.75, 3.05) is 5.73 Å². The van der Waals surface area contributed by atoms with Crippen molar-refractivity contribution >= 4 is 24.1 Å². The highest BCUT2D eigenvalue weighted by atomic mass is 32.1. The molecule has 0 aliphatic rings. The number of nitrogens with two attached hydrogens (primary N) is 1. The van der Waals surface area contributed by atoms with Gasteiger partial charge in [0, 0.05) is 16.1 Å². The van der Waals surface area contributed by atoms with Crippen LogP contribution >= 0.6 is 12.6 Å². The van der Waals surface area contributed by atoms with E-state index in [0.29, 0.717) is 21.7 Å². The molecule has 0 aliphatic heterocycles. The van der Waals surface area contributed by atoms with Crippen LogP contribution in [0.15, 0.2) is 53.4 Å². The van der Waals surface area contributed by atoms with Crippen molar-refractivity contribution in [1.29, 1.82) is 0 Å². The molecule has 0 radical (unpaired) electrons. The summed E-state index contributed by atoms with van der Waals surface area (Å²) < 4.78 is 0. The maximum absolute atomic E-state index is 12.2. The number of hydrogen-bond acceptors (Lipinski definition) is 3. The SMILES string of the molecule is Nc1cccc(S)c1C(=O)c1ccccc1. The Morgan fingerprint density at radius 2 is 1.69 bits per heavy atom. The Balaban J connectivity index is 2.50. The predicted octanol–water partition coefficient (Wildman–Crippen LogP) is 2.79.